The van der Waals surface area contributed by atoms with Crippen LogP contribution in [0.2, 0.25) is 0 Å². The molecule has 0 spiro atoms. The van der Waals surface area contributed by atoms with Crippen LogP contribution in [-0.4, -0.2) is 38.4 Å². The molecule has 0 radical (unpaired) electrons. The Morgan fingerprint density at radius 1 is 1.19 bits per heavy atom. The predicted octanol–water partition coefficient (Wildman–Crippen LogP) is 3.12. The van der Waals surface area contributed by atoms with Crippen LogP contribution in [0.15, 0.2) is 58.6 Å². The molecule has 0 atom stereocenters. The number of hydrazone groups is 1. The lowest BCUT2D eigenvalue weighted by atomic mass is 10.1. The van der Waals surface area contributed by atoms with E-state index < -0.39 is 10.0 Å². The monoisotopic (exact) mass is 388 g/mol. The third kappa shape index (κ3) is 4.44. The number of nitrogens with zero attached hydrogens (tertiary/aromatic N) is 3. The molecule has 0 bridgehead atoms. The zero-order valence-corrected chi connectivity index (χ0v) is 16.4. The summed E-state index contributed by atoms with van der Waals surface area (Å²) in [5.74, 6) is 0.693. The van der Waals surface area contributed by atoms with E-state index in [4.69, 9.17) is 0 Å². The van der Waals surface area contributed by atoms with Crippen LogP contribution >= 0.6 is 11.8 Å². The van der Waals surface area contributed by atoms with E-state index in [0.717, 1.165) is 27.7 Å². The third-order valence-electron chi connectivity index (χ3n) is 3.93. The molecule has 0 saturated heterocycles. The molecule has 2 aromatic carbocycles. The number of aliphatic imine (C=N–C) groups is 1. The van der Waals surface area contributed by atoms with Crippen LogP contribution in [0.4, 0.5) is 11.4 Å². The Morgan fingerprint density at radius 3 is 2.50 bits per heavy atom. The van der Waals surface area contributed by atoms with Crippen LogP contribution in [0.5, 0.6) is 0 Å². The van der Waals surface area contributed by atoms with Crippen LogP contribution in [0.25, 0.3) is 0 Å². The summed E-state index contributed by atoms with van der Waals surface area (Å²) in [6.45, 7) is 2.03. The van der Waals surface area contributed by atoms with E-state index in [1.807, 2.05) is 43.3 Å². The van der Waals surface area contributed by atoms with Crippen molar-refractivity contribution in [1.82, 2.24) is 5.43 Å². The first kappa shape index (κ1) is 18.5. The van der Waals surface area contributed by atoms with E-state index in [9.17, 15) is 8.42 Å². The minimum Gasteiger partial charge on any atom is -0.274 e. The van der Waals surface area contributed by atoms with Crippen LogP contribution in [0.1, 0.15) is 11.1 Å². The molecule has 1 aliphatic heterocycles. The number of rotatable bonds is 4. The Hall–Kier alpha value is -2.32. The lowest BCUT2D eigenvalue weighted by Gasteiger charge is -2.18. The number of anilines is 1. The summed E-state index contributed by atoms with van der Waals surface area (Å²) in [6.07, 6.45) is 1.18. The zero-order valence-electron chi connectivity index (χ0n) is 14.8. The highest BCUT2D eigenvalue weighted by Gasteiger charge is 2.15. The van der Waals surface area contributed by atoms with Crippen molar-refractivity contribution in [2.24, 2.45) is 10.1 Å². The predicted molar refractivity (Wildman–Crippen MR) is 110 cm³/mol. The van der Waals surface area contributed by atoms with Gasteiger partial charge in [0, 0.05) is 12.8 Å². The van der Waals surface area contributed by atoms with Gasteiger partial charge in [0.25, 0.3) is 0 Å². The Balaban J connectivity index is 1.73. The van der Waals surface area contributed by atoms with Gasteiger partial charge in [0.1, 0.15) is 0 Å². The molecule has 1 heterocycles. The van der Waals surface area contributed by atoms with Crippen molar-refractivity contribution in [2.45, 2.75) is 6.92 Å². The van der Waals surface area contributed by atoms with Gasteiger partial charge < -0.3 is 0 Å². The first-order valence-electron chi connectivity index (χ1n) is 7.98. The van der Waals surface area contributed by atoms with Gasteiger partial charge in [0.15, 0.2) is 5.17 Å². The average Bonchev–Trinajstić information content (AvgIpc) is 2.61. The fraction of sp³-hybridized carbons (Fsp3) is 0.222. The summed E-state index contributed by atoms with van der Waals surface area (Å²) >= 11 is 1.58. The van der Waals surface area contributed by atoms with Gasteiger partial charge in [-0.1, -0.05) is 36.0 Å². The van der Waals surface area contributed by atoms with Gasteiger partial charge in [-0.25, -0.2) is 13.4 Å². The van der Waals surface area contributed by atoms with Gasteiger partial charge in [0.05, 0.1) is 23.3 Å². The molecule has 3 rings (SSSR count). The lowest BCUT2D eigenvalue weighted by molar-refractivity contribution is 0.600. The van der Waals surface area contributed by atoms with Crippen LogP contribution in [-0.2, 0) is 10.0 Å². The summed E-state index contributed by atoms with van der Waals surface area (Å²) in [7, 11) is -1.73. The summed E-state index contributed by atoms with van der Waals surface area (Å²) in [4.78, 5) is 4.56. The number of sulfonamides is 1. The molecule has 136 valence electrons. The smallest absolute Gasteiger partial charge is 0.231 e. The van der Waals surface area contributed by atoms with E-state index >= 15 is 0 Å². The van der Waals surface area contributed by atoms with E-state index in [1.165, 1.54) is 17.6 Å². The number of amidine groups is 1. The Labute approximate surface area is 158 Å². The standard InChI is InChI=1S/C18H20N4O2S2/c1-13-5-4-6-15(11-13)19-18-21-20-17(12-25-18)14-7-9-16(10-8-14)22(2)26(3,23)24/h4-11H,12H2,1-3H3,(H,19,21). The summed E-state index contributed by atoms with van der Waals surface area (Å²) < 4.78 is 24.5. The van der Waals surface area contributed by atoms with E-state index in [-0.39, 0.29) is 0 Å². The molecule has 0 saturated carbocycles. The van der Waals surface area contributed by atoms with E-state index in [1.54, 1.807) is 23.9 Å². The highest BCUT2D eigenvalue weighted by molar-refractivity contribution is 8.14. The van der Waals surface area contributed by atoms with Crippen molar-refractivity contribution in [2.75, 3.05) is 23.4 Å². The fourth-order valence-electron chi connectivity index (χ4n) is 2.39. The molecule has 26 heavy (non-hydrogen) atoms. The topological polar surface area (TPSA) is 74.1 Å². The van der Waals surface area contributed by atoms with Gasteiger partial charge in [-0.2, -0.15) is 5.10 Å². The largest absolute Gasteiger partial charge is 0.274 e. The van der Waals surface area contributed by atoms with Gasteiger partial charge in [-0.15, -0.1) is 0 Å². The maximum Gasteiger partial charge on any atom is 0.231 e. The summed E-state index contributed by atoms with van der Waals surface area (Å²) in [5, 5.41) is 5.16. The van der Waals surface area contributed by atoms with Gasteiger partial charge in [0.2, 0.25) is 10.0 Å². The average molecular weight is 389 g/mol. The Bertz CT molecular complexity index is 967. The molecule has 2 aromatic rings. The zero-order chi connectivity index (χ0) is 18.7. The minimum absolute atomic E-state index is 0.620. The molecule has 0 amide bonds. The van der Waals surface area contributed by atoms with Crippen LogP contribution < -0.4 is 9.73 Å². The molecule has 6 nitrogen and oxygen atoms in total. The van der Waals surface area contributed by atoms with Gasteiger partial charge in [-0.3, -0.25) is 9.73 Å². The highest BCUT2D eigenvalue weighted by atomic mass is 32.2. The van der Waals surface area contributed by atoms with Gasteiger partial charge in [-0.05, 0) is 42.3 Å². The highest BCUT2D eigenvalue weighted by Crippen LogP contribution is 2.21. The van der Waals surface area contributed by atoms with Crippen LogP contribution in [0.3, 0.4) is 0 Å². The van der Waals surface area contributed by atoms with E-state index in [2.05, 4.69) is 15.5 Å². The van der Waals surface area contributed by atoms with Crippen molar-refractivity contribution in [3.8, 4) is 0 Å². The lowest BCUT2D eigenvalue weighted by Crippen LogP contribution is -2.26. The number of hydrogen-bond donors (Lipinski definition) is 1. The van der Waals surface area contributed by atoms with Gasteiger partial charge >= 0.3 is 0 Å². The maximum absolute atomic E-state index is 11.6. The normalized spacial score (nSPS) is 16.1. The van der Waals surface area contributed by atoms with Crippen molar-refractivity contribution >= 4 is 44.0 Å². The maximum atomic E-state index is 11.6. The molecule has 0 fully saturated rings. The first-order valence-corrected chi connectivity index (χ1v) is 10.8. The van der Waals surface area contributed by atoms with Crippen molar-refractivity contribution in [1.29, 1.82) is 0 Å². The quantitative estimate of drug-likeness (QED) is 0.873. The summed E-state index contributed by atoms with van der Waals surface area (Å²) in [5.41, 5.74) is 7.51. The number of hydrogen-bond acceptors (Lipinski definition) is 5. The molecule has 0 aromatic heterocycles. The number of aryl methyl sites for hydroxylation is 1. The van der Waals surface area contributed by atoms with E-state index in [0.29, 0.717) is 11.4 Å². The second-order valence-electron chi connectivity index (χ2n) is 5.99. The molecule has 1 N–H and O–H groups in total. The van der Waals surface area contributed by atoms with Crippen molar-refractivity contribution in [3.63, 3.8) is 0 Å². The second-order valence-corrected chi connectivity index (χ2v) is 8.97. The minimum atomic E-state index is -3.26. The molecular formula is C18H20N4O2S2. The van der Waals surface area contributed by atoms with Crippen LogP contribution in [0, 0.1) is 6.92 Å². The number of benzene rings is 2. The Morgan fingerprint density at radius 2 is 1.92 bits per heavy atom. The number of thioether (sulfide) groups is 1. The molecule has 0 unspecified atom stereocenters. The number of nitrogens with one attached hydrogen (secondary N) is 1. The van der Waals surface area contributed by atoms with Crippen molar-refractivity contribution < 1.29 is 8.42 Å². The molecule has 8 heteroatoms. The fourth-order valence-corrected chi connectivity index (χ4v) is 3.68. The SMILES string of the molecule is Cc1cccc(N=C2NN=C(c3ccc(N(C)S(C)(=O)=O)cc3)CS2)c1. The molecular weight excluding hydrogens is 368 g/mol. The summed E-state index contributed by atoms with van der Waals surface area (Å²) in [6, 6.07) is 15.3. The second kappa shape index (κ2) is 7.51. The molecule has 0 aliphatic carbocycles. The van der Waals surface area contributed by atoms with Crippen molar-refractivity contribution in [3.05, 3.63) is 59.7 Å². The third-order valence-corrected chi connectivity index (χ3v) is 6.01. The first-order chi connectivity index (χ1) is 12.3. The Kier molecular flexibility index (Phi) is 5.33. The molecule has 1 aliphatic rings.